The Hall–Kier alpha value is -3.45. The monoisotopic (exact) mass is 375 g/mol. The van der Waals surface area contributed by atoms with Gasteiger partial charge in [0.25, 0.3) is 0 Å². The van der Waals surface area contributed by atoms with Crippen LogP contribution < -0.4 is 14.8 Å². The molecule has 0 spiro atoms. The number of aromatic nitrogens is 4. The van der Waals surface area contributed by atoms with Gasteiger partial charge in [-0.1, -0.05) is 36.4 Å². The van der Waals surface area contributed by atoms with Gasteiger partial charge in [0.05, 0.1) is 14.2 Å². The van der Waals surface area contributed by atoms with Crippen LogP contribution in [0.1, 0.15) is 11.1 Å². The van der Waals surface area contributed by atoms with Gasteiger partial charge in [-0.05, 0) is 39.8 Å². The third-order valence-electron chi connectivity index (χ3n) is 4.57. The van der Waals surface area contributed by atoms with Crippen LogP contribution in [0, 0.1) is 0 Å². The summed E-state index contributed by atoms with van der Waals surface area (Å²) in [5.41, 5.74) is 5.09. The predicted molar refractivity (Wildman–Crippen MR) is 106 cm³/mol. The van der Waals surface area contributed by atoms with Gasteiger partial charge in [0.1, 0.15) is 0 Å². The van der Waals surface area contributed by atoms with Crippen LogP contribution in [0.25, 0.3) is 16.8 Å². The Labute approximate surface area is 162 Å². The van der Waals surface area contributed by atoms with Gasteiger partial charge in [0, 0.05) is 30.4 Å². The number of methoxy groups -OCH3 is 2. The summed E-state index contributed by atoms with van der Waals surface area (Å²) in [4.78, 5) is 0. The van der Waals surface area contributed by atoms with E-state index in [0.717, 1.165) is 39.4 Å². The zero-order valence-electron chi connectivity index (χ0n) is 15.8. The van der Waals surface area contributed by atoms with E-state index in [1.54, 1.807) is 18.7 Å². The lowest BCUT2D eigenvalue weighted by molar-refractivity contribution is 0.354. The Bertz CT molecular complexity index is 1080. The molecule has 0 unspecified atom stereocenters. The van der Waals surface area contributed by atoms with Gasteiger partial charge in [-0.2, -0.15) is 4.52 Å². The van der Waals surface area contributed by atoms with Gasteiger partial charge in [-0.25, -0.2) is 0 Å². The predicted octanol–water partition coefficient (Wildman–Crippen LogP) is 3.10. The maximum atomic E-state index is 5.37. The number of pyridine rings is 1. The van der Waals surface area contributed by atoms with Crippen LogP contribution in [0.5, 0.6) is 11.5 Å². The van der Waals surface area contributed by atoms with Crippen molar-refractivity contribution < 1.29 is 9.47 Å². The highest BCUT2D eigenvalue weighted by Gasteiger charge is 2.10. The molecule has 0 amide bonds. The van der Waals surface area contributed by atoms with E-state index in [1.807, 2.05) is 42.6 Å². The van der Waals surface area contributed by atoms with Gasteiger partial charge >= 0.3 is 0 Å². The fourth-order valence-corrected chi connectivity index (χ4v) is 3.16. The Kier molecular flexibility index (Phi) is 5.16. The summed E-state index contributed by atoms with van der Waals surface area (Å²) in [6.45, 7) is 1.32. The van der Waals surface area contributed by atoms with Crippen molar-refractivity contribution in [3.63, 3.8) is 0 Å². The van der Waals surface area contributed by atoms with E-state index in [2.05, 4.69) is 39.0 Å². The molecule has 0 bridgehead atoms. The van der Waals surface area contributed by atoms with E-state index in [4.69, 9.17) is 9.47 Å². The minimum atomic E-state index is 0.638. The normalized spacial score (nSPS) is 10.9. The number of nitrogens with zero attached hydrogens (tertiary/aromatic N) is 4. The van der Waals surface area contributed by atoms with Gasteiger partial charge in [0.15, 0.2) is 17.1 Å². The molecule has 7 nitrogen and oxygen atoms in total. The lowest BCUT2D eigenvalue weighted by Gasteiger charge is -2.11. The van der Waals surface area contributed by atoms with Crippen molar-refractivity contribution in [2.24, 2.45) is 0 Å². The maximum absolute atomic E-state index is 5.37. The lowest BCUT2D eigenvalue weighted by atomic mass is 10.1. The first-order valence-corrected chi connectivity index (χ1v) is 8.96. The molecule has 142 valence electrons. The fraction of sp³-hybridized carbons (Fsp3) is 0.190. The highest BCUT2D eigenvalue weighted by molar-refractivity contribution is 5.66. The molecule has 2 heterocycles. The van der Waals surface area contributed by atoms with Crippen LogP contribution >= 0.6 is 0 Å². The van der Waals surface area contributed by atoms with Gasteiger partial charge < -0.3 is 14.8 Å². The Morgan fingerprint density at radius 2 is 1.71 bits per heavy atom. The second-order valence-electron chi connectivity index (χ2n) is 6.36. The standard InChI is InChI=1S/C21H21N5O2/c1-27-19-9-8-15(10-20(19)28-2)12-22-13-17-11-18(16-6-4-3-5-7-16)14-26-21(17)23-24-25-26/h3-11,14,22H,12-13H2,1-2H3. The highest BCUT2D eigenvalue weighted by Crippen LogP contribution is 2.27. The molecular weight excluding hydrogens is 354 g/mol. The SMILES string of the molecule is COc1ccc(CNCc2cc(-c3ccccc3)cn3nnnc23)cc1OC. The second kappa shape index (κ2) is 8.06. The van der Waals surface area contributed by atoms with E-state index >= 15 is 0 Å². The number of fused-ring (bicyclic) bond motifs is 1. The van der Waals surface area contributed by atoms with Crippen LogP contribution in [-0.2, 0) is 13.1 Å². The topological polar surface area (TPSA) is 73.6 Å². The van der Waals surface area contributed by atoms with Crippen molar-refractivity contribution in [1.29, 1.82) is 0 Å². The molecule has 0 aliphatic heterocycles. The van der Waals surface area contributed by atoms with Crippen molar-refractivity contribution in [1.82, 2.24) is 25.4 Å². The molecule has 7 heteroatoms. The maximum Gasteiger partial charge on any atom is 0.183 e. The van der Waals surface area contributed by atoms with Crippen LogP contribution in [0.15, 0.2) is 60.8 Å². The molecule has 0 aliphatic carbocycles. The first-order valence-electron chi connectivity index (χ1n) is 8.96. The number of hydrogen-bond donors (Lipinski definition) is 1. The van der Waals surface area contributed by atoms with Crippen molar-refractivity contribution in [3.8, 4) is 22.6 Å². The molecule has 2 aromatic carbocycles. The summed E-state index contributed by atoms with van der Waals surface area (Å²) >= 11 is 0. The summed E-state index contributed by atoms with van der Waals surface area (Å²) in [6, 6.07) is 18.2. The van der Waals surface area contributed by atoms with E-state index in [0.29, 0.717) is 13.1 Å². The molecule has 0 saturated carbocycles. The fourth-order valence-electron chi connectivity index (χ4n) is 3.16. The largest absolute Gasteiger partial charge is 0.493 e. The van der Waals surface area contributed by atoms with Gasteiger partial charge in [-0.3, -0.25) is 0 Å². The molecule has 0 radical (unpaired) electrons. The van der Waals surface area contributed by atoms with Crippen LogP contribution in [0.3, 0.4) is 0 Å². The number of rotatable bonds is 7. The number of tetrazole rings is 1. The van der Waals surface area contributed by atoms with E-state index in [9.17, 15) is 0 Å². The van der Waals surface area contributed by atoms with Gasteiger partial charge in [-0.15, -0.1) is 5.10 Å². The molecular formula is C21H21N5O2. The minimum Gasteiger partial charge on any atom is -0.493 e. The molecule has 2 aromatic heterocycles. The zero-order chi connectivity index (χ0) is 19.3. The van der Waals surface area contributed by atoms with E-state index in [-0.39, 0.29) is 0 Å². The summed E-state index contributed by atoms with van der Waals surface area (Å²) < 4.78 is 12.4. The lowest BCUT2D eigenvalue weighted by Crippen LogP contribution is -2.14. The van der Waals surface area contributed by atoms with Crippen LogP contribution in [0.4, 0.5) is 0 Å². The summed E-state index contributed by atoms with van der Waals surface area (Å²) in [5.74, 6) is 1.44. The molecule has 0 fully saturated rings. The van der Waals surface area contributed by atoms with Crippen LogP contribution in [0.2, 0.25) is 0 Å². The molecule has 28 heavy (non-hydrogen) atoms. The molecule has 4 aromatic rings. The Balaban J connectivity index is 1.54. The molecule has 1 N–H and O–H groups in total. The van der Waals surface area contributed by atoms with Crippen molar-refractivity contribution in [3.05, 3.63) is 71.9 Å². The Morgan fingerprint density at radius 3 is 2.50 bits per heavy atom. The van der Waals surface area contributed by atoms with Crippen molar-refractivity contribution in [2.75, 3.05) is 14.2 Å². The van der Waals surface area contributed by atoms with Crippen molar-refractivity contribution >= 4 is 5.65 Å². The number of benzene rings is 2. The van der Waals surface area contributed by atoms with Gasteiger partial charge in [0.2, 0.25) is 0 Å². The zero-order valence-corrected chi connectivity index (χ0v) is 15.8. The molecule has 0 aliphatic rings. The third kappa shape index (κ3) is 3.65. The summed E-state index contributed by atoms with van der Waals surface area (Å²) in [6.07, 6.45) is 1.95. The molecule has 0 atom stereocenters. The van der Waals surface area contributed by atoms with Crippen LogP contribution in [-0.4, -0.2) is 34.3 Å². The minimum absolute atomic E-state index is 0.638. The number of nitrogens with one attached hydrogen (secondary N) is 1. The number of hydrogen-bond acceptors (Lipinski definition) is 6. The molecule has 0 saturated heterocycles. The highest BCUT2D eigenvalue weighted by atomic mass is 16.5. The summed E-state index contributed by atoms with van der Waals surface area (Å²) in [7, 11) is 3.27. The smallest absolute Gasteiger partial charge is 0.183 e. The first kappa shape index (κ1) is 17.9. The summed E-state index contributed by atoms with van der Waals surface area (Å²) in [5, 5.41) is 15.5. The average molecular weight is 375 g/mol. The average Bonchev–Trinajstić information content (AvgIpc) is 3.23. The quantitative estimate of drug-likeness (QED) is 0.535. The second-order valence-corrected chi connectivity index (χ2v) is 6.36. The van der Waals surface area contributed by atoms with E-state index < -0.39 is 0 Å². The van der Waals surface area contributed by atoms with Crippen molar-refractivity contribution in [2.45, 2.75) is 13.1 Å². The first-order chi connectivity index (χ1) is 13.8. The number of ether oxygens (including phenoxy) is 2. The third-order valence-corrected chi connectivity index (χ3v) is 4.57. The Morgan fingerprint density at radius 1 is 0.893 bits per heavy atom. The molecule has 4 rings (SSSR count). The van der Waals surface area contributed by atoms with E-state index in [1.165, 1.54) is 0 Å².